The number of halogens is 4. The summed E-state index contributed by atoms with van der Waals surface area (Å²) < 4.78 is 39.5. The number of aliphatic hydroxyl groups excluding tert-OH is 2. The molecule has 0 radical (unpaired) electrons. The highest BCUT2D eigenvalue weighted by atomic mass is 35.5. The SMILES string of the molecule is CC(O)CN(Cc1cccc(C(=O)Nc2sc3c(c2C(=O)N/N=C\c2ccc(Cl)c(C(F)(F)F)c2)CCC3)c1)CC(C)O. The summed E-state index contributed by atoms with van der Waals surface area (Å²) in [6, 6.07) is 10.3. The summed E-state index contributed by atoms with van der Waals surface area (Å²) in [4.78, 5) is 29.4. The Morgan fingerprint density at radius 1 is 1.09 bits per heavy atom. The number of alkyl halides is 3. The molecule has 1 aromatic heterocycles. The molecule has 0 saturated heterocycles. The van der Waals surface area contributed by atoms with Gasteiger partial charge in [-0.3, -0.25) is 14.5 Å². The molecule has 1 heterocycles. The third kappa shape index (κ3) is 8.64. The summed E-state index contributed by atoms with van der Waals surface area (Å²) >= 11 is 6.99. The molecular formula is C30H32ClF3N4O4S. The largest absolute Gasteiger partial charge is 0.417 e. The monoisotopic (exact) mass is 636 g/mol. The number of fused-ring (bicyclic) bond motifs is 1. The quantitative estimate of drug-likeness (QED) is 0.164. The number of carbonyl (C=O) groups excluding carboxylic acids is 2. The Labute approximate surface area is 256 Å². The Bertz CT molecular complexity index is 1500. The zero-order chi connectivity index (χ0) is 31.3. The van der Waals surface area contributed by atoms with Crippen LogP contribution in [0.15, 0.2) is 47.6 Å². The number of aliphatic hydroxyl groups is 2. The van der Waals surface area contributed by atoms with E-state index in [0.29, 0.717) is 36.6 Å². The number of aryl methyl sites for hydroxylation is 1. The van der Waals surface area contributed by atoms with Gasteiger partial charge in [-0.15, -0.1) is 11.3 Å². The van der Waals surface area contributed by atoms with Crippen molar-refractivity contribution < 1.29 is 33.0 Å². The first-order chi connectivity index (χ1) is 20.3. The van der Waals surface area contributed by atoms with Crippen molar-refractivity contribution in [2.24, 2.45) is 5.10 Å². The minimum atomic E-state index is -4.64. The molecule has 2 aromatic carbocycles. The lowest BCUT2D eigenvalue weighted by molar-refractivity contribution is -0.137. The maximum atomic E-state index is 13.3. The lowest BCUT2D eigenvalue weighted by Crippen LogP contribution is -2.35. The molecule has 4 N–H and O–H groups in total. The van der Waals surface area contributed by atoms with Crippen LogP contribution in [0.1, 0.15) is 68.1 Å². The van der Waals surface area contributed by atoms with Crippen molar-refractivity contribution in [3.05, 3.63) is 85.7 Å². The van der Waals surface area contributed by atoms with Gasteiger partial charge in [-0.05, 0) is 74.1 Å². The van der Waals surface area contributed by atoms with Crippen LogP contribution in [0.3, 0.4) is 0 Å². The summed E-state index contributed by atoms with van der Waals surface area (Å²) in [7, 11) is 0. The van der Waals surface area contributed by atoms with E-state index in [1.165, 1.54) is 17.4 Å². The second-order valence-electron chi connectivity index (χ2n) is 10.5. The lowest BCUT2D eigenvalue weighted by atomic mass is 10.1. The molecule has 0 bridgehead atoms. The van der Waals surface area contributed by atoms with E-state index in [-0.39, 0.29) is 11.1 Å². The highest BCUT2D eigenvalue weighted by Gasteiger charge is 2.33. The molecule has 2 amide bonds. The predicted molar refractivity (Wildman–Crippen MR) is 161 cm³/mol. The average Bonchev–Trinajstić information content (AvgIpc) is 3.49. The minimum Gasteiger partial charge on any atom is -0.392 e. The van der Waals surface area contributed by atoms with Crippen molar-refractivity contribution in [1.82, 2.24) is 10.3 Å². The van der Waals surface area contributed by atoms with Crippen LogP contribution in [-0.2, 0) is 25.6 Å². The first kappa shape index (κ1) is 32.6. The fourth-order valence-corrected chi connectivity index (χ4v) is 6.50. The van der Waals surface area contributed by atoms with Gasteiger partial charge in [0.25, 0.3) is 11.8 Å². The maximum absolute atomic E-state index is 13.3. The molecule has 2 atom stereocenters. The van der Waals surface area contributed by atoms with Crippen molar-refractivity contribution in [2.45, 2.75) is 58.0 Å². The number of rotatable bonds is 11. The third-order valence-electron chi connectivity index (χ3n) is 6.69. The first-order valence-electron chi connectivity index (χ1n) is 13.6. The van der Waals surface area contributed by atoms with Crippen LogP contribution >= 0.6 is 22.9 Å². The highest BCUT2D eigenvalue weighted by molar-refractivity contribution is 7.17. The molecule has 13 heteroatoms. The molecule has 8 nitrogen and oxygen atoms in total. The summed E-state index contributed by atoms with van der Waals surface area (Å²) in [5.41, 5.74) is 3.75. The van der Waals surface area contributed by atoms with Crippen molar-refractivity contribution in [1.29, 1.82) is 0 Å². The molecule has 4 rings (SSSR count). The van der Waals surface area contributed by atoms with Crippen LogP contribution in [0.4, 0.5) is 18.2 Å². The van der Waals surface area contributed by atoms with E-state index in [1.807, 2.05) is 11.0 Å². The molecule has 0 spiro atoms. The van der Waals surface area contributed by atoms with Gasteiger partial charge < -0.3 is 15.5 Å². The van der Waals surface area contributed by atoms with Crippen LogP contribution in [0.25, 0.3) is 0 Å². The Hall–Kier alpha value is -3.29. The predicted octanol–water partition coefficient (Wildman–Crippen LogP) is 5.49. The van der Waals surface area contributed by atoms with Gasteiger partial charge in [-0.1, -0.05) is 29.8 Å². The van der Waals surface area contributed by atoms with Crippen LogP contribution in [-0.4, -0.2) is 58.4 Å². The maximum Gasteiger partial charge on any atom is 0.417 e. The summed E-state index contributed by atoms with van der Waals surface area (Å²) in [5, 5.41) is 26.3. The lowest BCUT2D eigenvalue weighted by Gasteiger charge is -2.25. The van der Waals surface area contributed by atoms with Crippen LogP contribution in [0, 0.1) is 0 Å². The van der Waals surface area contributed by atoms with E-state index in [1.54, 1.807) is 32.0 Å². The van der Waals surface area contributed by atoms with Crippen molar-refractivity contribution in [3.8, 4) is 0 Å². The minimum absolute atomic E-state index is 0.0986. The number of hydrogen-bond donors (Lipinski definition) is 4. The second-order valence-corrected chi connectivity index (χ2v) is 12.1. The van der Waals surface area contributed by atoms with Gasteiger partial charge in [-0.2, -0.15) is 18.3 Å². The standard InChI is InChI=1S/C30H32ClF3N4O4S/c1-17(39)14-38(15-18(2)40)16-20-5-3-6-21(11-20)27(41)36-29-26(22-7-4-8-25(22)43-29)28(42)37-35-13-19-9-10-24(31)23(12-19)30(32,33)34/h3,5-6,9-13,17-18,39-40H,4,7-8,14-16H2,1-2H3,(H,36,41)(H,37,42)/b35-13-. The Kier molecular flexibility index (Phi) is 10.6. The summed E-state index contributed by atoms with van der Waals surface area (Å²) in [6.07, 6.45) is -2.45. The topological polar surface area (TPSA) is 114 Å². The third-order valence-corrected chi connectivity index (χ3v) is 8.23. The molecule has 1 aliphatic rings. The number of nitrogens with zero attached hydrogens (tertiary/aromatic N) is 2. The number of nitrogens with one attached hydrogen (secondary N) is 2. The molecule has 0 fully saturated rings. The summed E-state index contributed by atoms with van der Waals surface area (Å²) in [5.74, 6) is -1.01. The van der Waals surface area contributed by atoms with Gasteiger partial charge in [0.1, 0.15) is 5.00 Å². The number of amides is 2. The van der Waals surface area contributed by atoms with Gasteiger partial charge >= 0.3 is 6.18 Å². The smallest absolute Gasteiger partial charge is 0.392 e. The normalized spacial score (nSPS) is 14.6. The number of hydrogen-bond acceptors (Lipinski definition) is 7. The van der Waals surface area contributed by atoms with E-state index in [0.717, 1.165) is 47.2 Å². The van der Waals surface area contributed by atoms with E-state index >= 15 is 0 Å². The highest BCUT2D eigenvalue weighted by Crippen LogP contribution is 2.39. The molecule has 3 aromatic rings. The molecule has 230 valence electrons. The molecule has 43 heavy (non-hydrogen) atoms. The zero-order valence-corrected chi connectivity index (χ0v) is 25.1. The number of thiophene rings is 1. The fourth-order valence-electron chi connectivity index (χ4n) is 4.99. The molecule has 2 unspecified atom stereocenters. The van der Waals surface area contributed by atoms with Crippen molar-refractivity contribution in [2.75, 3.05) is 18.4 Å². The number of anilines is 1. The Balaban J connectivity index is 1.50. The first-order valence-corrected chi connectivity index (χ1v) is 14.8. The molecular weight excluding hydrogens is 605 g/mol. The van der Waals surface area contributed by atoms with Crippen LogP contribution in [0.5, 0.6) is 0 Å². The van der Waals surface area contributed by atoms with E-state index in [9.17, 15) is 33.0 Å². The van der Waals surface area contributed by atoms with Gasteiger partial charge in [-0.25, -0.2) is 5.43 Å². The number of carbonyl (C=O) groups is 2. The fraction of sp³-hybridized carbons (Fsp3) is 0.367. The summed E-state index contributed by atoms with van der Waals surface area (Å²) in [6.45, 7) is 4.44. The number of hydrazone groups is 1. The van der Waals surface area contributed by atoms with Gasteiger partial charge in [0.2, 0.25) is 0 Å². The van der Waals surface area contributed by atoms with Gasteiger partial charge in [0, 0.05) is 30.1 Å². The van der Waals surface area contributed by atoms with E-state index < -0.39 is 40.8 Å². The van der Waals surface area contributed by atoms with Crippen LogP contribution < -0.4 is 10.7 Å². The Morgan fingerprint density at radius 2 is 1.81 bits per heavy atom. The number of benzene rings is 2. The van der Waals surface area contributed by atoms with E-state index in [2.05, 4.69) is 15.8 Å². The average molecular weight is 637 g/mol. The Morgan fingerprint density at radius 3 is 2.49 bits per heavy atom. The van der Waals surface area contributed by atoms with Crippen molar-refractivity contribution in [3.63, 3.8) is 0 Å². The van der Waals surface area contributed by atoms with Crippen molar-refractivity contribution >= 4 is 46.0 Å². The van der Waals surface area contributed by atoms with Gasteiger partial charge in [0.05, 0.1) is 34.6 Å². The molecule has 0 saturated carbocycles. The molecule has 0 aliphatic heterocycles. The second kappa shape index (κ2) is 14.0. The zero-order valence-electron chi connectivity index (χ0n) is 23.5. The molecule has 1 aliphatic carbocycles. The van der Waals surface area contributed by atoms with Gasteiger partial charge in [0.15, 0.2) is 0 Å². The van der Waals surface area contributed by atoms with E-state index in [4.69, 9.17) is 11.6 Å². The van der Waals surface area contributed by atoms with Crippen LogP contribution in [0.2, 0.25) is 5.02 Å².